The fraction of sp³-hybridized carbons (Fsp3) is 0.500. The fourth-order valence-corrected chi connectivity index (χ4v) is 4.89. The van der Waals surface area contributed by atoms with Crippen LogP contribution in [-0.4, -0.2) is 36.5 Å². The van der Waals surface area contributed by atoms with E-state index in [9.17, 15) is 4.79 Å². The zero-order valence-corrected chi connectivity index (χ0v) is 16.5. The molecule has 21 heavy (non-hydrogen) atoms. The molecule has 1 aliphatic heterocycles. The lowest BCUT2D eigenvalue weighted by atomic mass is 9.95. The van der Waals surface area contributed by atoms with Crippen LogP contribution in [0, 0.1) is 5.92 Å². The summed E-state index contributed by atoms with van der Waals surface area (Å²) in [6.07, 6.45) is 0.945. The molecule has 2 atom stereocenters. The predicted octanol–water partition coefficient (Wildman–Crippen LogP) is 3.58. The van der Waals surface area contributed by atoms with Crippen LogP contribution in [0.15, 0.2) is 25.6 Å². The lowest BCUT2D eigenvalue weighted by Crippen LogP contribution is -2.48. The van der Waals surface area contributed by atoms with Crippen LogP contribution < -0.4 is 11.1 Å². The molecule has 1 aromatic rings. The number of hydrogen-bond acceptors (Lipinski definition) is 3. The van der Waals surface area contributed by atoms with E-state index in [1.807, 2.05) is 12.1 Å². The Morgan fingerprint density at radius 3 is 2.57 bits per heavy atom. The lowest BCUT2D eigenvalue weighted by Gasteiger charge is -2.34. The first-order chi connectivity index (χ1) is 9.86. The maximum atomic E-state index is 12.2. The van der Waals surface area contributed by atoms with Gasteiger partial charge in [-0.15, -0.1) is 0 Å². The summed E-state index contributed by atoms with van der Waals surface area (Å²) in [5.41, 5.74) is 6.76. The molecular weight excluding hydrogens is 466 g/mol. The van der Waals surface area contributed by atoms with E-state index in [-0.39, 0.29) is 11.9 Å². The van der Waals surface area contributed by atoms with Gasteiger partial charge in [0.15, 0.2) is 0 Å². The zero-order valence-electron chi connectivity index (χ0n) is 11.7. The quantitative estimate of drug-likeness (QED) is 0.691. The third-order valence-corrected chi connectivity index (χ3v) is 5.40. The molecule has 3 N–H and O–H groups in total. The van der Waals surface area contributed by atoms with Crippen LogP contribution in [0.3, 0.4) is 0 Å². The average molecular weight is 484 g/mol. The summed E-state index contributed by atoms with van der Waals surface area (Å²) in [5.74, 6) is 0.416. The van der Waals surface area contributed by atoms with Crippen LogP contribution in [0.2, 0.25) is 0 Å². The standard InChI is InChI=1S/C14H18Br3N3O/c1-8-6-20(3-2-12(8)18)7-13(21)19-14-10(16)4-9(15)5-11(14)17/h4-5,8,12H,2-3,6-7,18H2,1H3,(H,19,21). The summed E-state index contributed by atoms with van der Waals surface area (Å²) in [5, 5.41) is 2.95. The number of benzene rings is 1. The normalized spacial score (nSPS) is 23.1. The van der Waals surface area contributed by atoms with Crippen molar-refractivity contribution in [2.24, 2.45) is 11.7 Å². The van der Waals surface area contributed by atoms with Crippen molar-refractivity contribution in [1.29, 1.82) is 0 Å². The number of piperidine rings is 1. The van der Waals surface area contributed by atoms with Crippen molar-refractivity contribution in [3.8, 4) is 0 Å². The molecule has 0 spiro atoms. The Kier molecular flexibility index (Phi) is 6.25. The van der Waals surface area contributed by atoms with E-state index >= 15 is 0 Å². The molecule has 2 unspecified atom stereocenters. The van der Waals surface area contributed by atoms with Crippen molar-refractivity contribution in [3.05, 3.63) is 25.6 Å². The summed E-state index contributed by atoms with van der Waals surface area (Å²) in [6.45, 7) is 4.28. The molecule has 1 aliphatic rings. The lowest BCUT2D eigenvalue weighted by molar-refractivity contribution is -0.117. The second-order valence-electron chi connectivity index (χ2n) is 5.46. The maximum absolute atomic E-state index is 12.2. The largest absolute Gasteiger partial charge is 0.327 e. The molecule has 0 bridgehead atoms. The number of nitrogens with one attached hydrogen (secondary N) is 1. The molecule has 1 aromatic carbocycles. The highest BCUT2D eigenvalue weighted by atomic mass is 79.9. The van der Waals surface area contributed by atoms with Crippen molar-refractivity contribution >= 4 is 59.4 Å². The number of rotatable bonds is 3. The van der Waals surface area contributed by atoms with Crippen molar-refractivity contribution in [2.45, 2.75) is 19.4 Å². The molecule has 1 heterocycles. The highest BCUT2D eigenvalue weighted by Gasteiger charge is 2.24. The highest BCUT2D eigenvalue weighted by molar-refractivity contribution is 9.11. The van der Waals surface area contributed by atoms with Gasteiger partial charge in [-0.2, -0.15) is 0 Å². The van der Waals surface area contributed by atoms with Crippen LogP contribution in [0.4, 0.5) is 5.69 Å². The van der Waals surface area contributed by atoms with Crippen LogP contribution in [0.5, 0.6) is 0 Å². The Balaban J connectivity index is 1.96. The molecular formula is C14H18Br3N3O. The number of halogens is 3. The van der Waals surface area contributed by atoms with Gasteiger partial charge >= 0.3 is 0 Å². The Bertz CT molecular complexity index is 515. The maximum Gasteiger partial charge on any atom is 0.238 e. The highest BCUT2D eigenvalue weighted by Crippen LogP contribution is 2.34. The number of amides is 1. The summed E-state index contributed by atoms with van der Waals surface area (Å²) in [4.78, 5) is 14.4. The van der Waals surface area contributed by atoms with Crippen LogP contribution in [0.1, 0.15) is 13.3 Å². The first-order valence-electron chi connectivity index (χ1n) is 6.79. The minimum Gasteiger partial charge on any atom is -0.327 e. The van der Waals surface area contributed by atoms with Gasteiger partial charge in [-0.1, -0.05) is 22.9 Å². The molecule has 0 saturated carbocycles. The van der Waals surface area contributed by atoms with Crippen molar-refractivity contribution in [1.82, 2.24) is 4.90 Å². The summed E-state index contributed by atoms with van der Waals surface area (Å²) >= 11 is 10.3. The second-order valence-corrected chi connectivity index (χ2v) is 8.08. The Hall–Kier alpha value is 0.0500. The van der Waals surface area contributed by atoms with E-state index < -0.39 is 0 Å². The number of carbonyl (C=O) groups excluding carboxylic acids is 1. The van der Waals surface area contributed by atoms with Gasteiger partial charge in [0, 0.05) is 32.5 Å². The average Bonchev–Trinajstić information content (AvgIpc) is 2.38. The fourth-order valence-electron chi connectivity index (χ4n) is 2.44. The van der Waals surface area contributed by atoms with E-state index in [4.69, 9.17) is 5.73 Å². The van der Waals surface area contributed by atoms with Gasteiger partial charge < -0.3 is 11.1 Å². The van der Waals surface area contributed by atoms with Gasteiger partial charge in [0.1, 0.15) is 0 Å². The van der Waals surface area contributed by atoms with Gasteiger partial charge in [-0.05, 0) is 56.3 Å². The van der Waals surface area contributed by atoms with E-state index in [0.29, 0.717) is 12.5 Å². The van der Waals surface area contributed by atoms with E-state index in [1.165, 1.54) is 0 Å². The second kappa shape index (κ2) is 7.55. The minimum atomic E-state index is -0.0126. The van der Waals surface area contributed by atoms with Gasteiger partial charge in [0.2, 0.25) is 5.91 Å². The molecule has 1 fully saturated rings. The third kappa shape index (κ3) is 4.76. The van der Waals surface area contributed by atoms with Crippen LogP contribution in [0.25, 0.3) is 0 Å². The molecule has 0 aliphatic carbocycles. The van der Waals surface area contributed by atoms with E-state index in [2.05, 4.69) is 64.9 Å². The number of nitrogens with two attached hydrogens (primary N) is 1. The molecule has 7 heteroatoms. The molecule has 116 valence electrons. The van der Waals surface area contributed by atoms with Gasteiger partial charge in [-0.25, -0.2) is 0 Å². The van der Waals surface area contributed by atoms with Crippen molar-refractivity contribution in [3.63, 3.8) is 0 Å². The number of likely N-dealkylation sites (tertiary alicyclic amines) is 1. The number of nitrogens with zero attached hydrogens (tertiary/aromatic N) is 1. The smallest absolute Gasteiger partial charge is 0.238 e. The molecule has 2 rings (SSSR count). The summed E-state index contributed by atoms with van der Waals surface area (Å²) < 4.78 is 2.62. The van der Waals surface area contributed by atoms with Crippen LogP contribution in [-0.2, 0) is 4.79 Å². The number of anilines is 1. The predicted molar refractivity (Wildman–Crippen MR) is 96.4 cm³/mol. The topological polar surface area (TPSA) is 58.4 Å². The molecule has 0 aromatic heterocycles. The van der Waals surface area contributed by atoms with Gasteiger partial charge in [0.25, 0.3) is 0 Å². The minimum absolute atomic E-state index is 0.0126. The molecule has 1 saturated heterocycles. The molecule has 1 amide bonds. The number of carbonyl (C=O) groups is 1. The summed E-state index contributed by atoms with van der Waals surface area (Å²) in [6, 6.07) is 4.06. The van der Waals surface area contributed by atoms with E-state index in [1.54, 1.807) is 0 Å². The summed E-state index contributed by atoms with van der Waals surface area (Å²) in [7, 11) is 0. The Labute approximate surface area is 150 Å². The monoisotopic (exact) mass is 481 g/mol. The SMILES string of the molecule is CC1CN(CC(=O)Nc2c(Br)cc(Br)cc2Br)CCC1N. The Morgan fingerprint density at radius 2 is 2.00 bits per heavy atom. The van der Waals surface area contributed by atoms with Crippen molar-refractivity contribution in [2.75, 3.05) is 25.0 Å². The first-order valence-corrected chi connectivity index (χ1v) is 9.17. The first kappa shape index (κ1) is 17.4. The van der Waals surface area contributed by atoms with Gasteiger partial charge in [-0.3, -0.25) is 9.69 Å². The van der Waals surface area contributed by atoms with E-state index in [0.717, 1.165) is 38.6 Å². The molecule has 0 radical (unpaired) electrons. The van der Waals surface area contributed by atoms with Gasteiger partial charge in [0.05, 0.1) is 12.2 Å². The van der Waals surface area contributed by atoms with Crippen molar-refractivity contribution < 1.29 is 4.79 Å². The number of hydrogen-bond donors (Lipinski definition) is 2. The molecule has 4 nitrogen and oxygen atoms in total. The van der Waals surface area contributed by atoms with Crippen LogP contribution >= 0.6 is 47.8 Å². The third-order valence-electron chi connectivity index (χ3n) is 3.69. The zero-order chi connectivity index (χ0) is 15.6. The Morgan fingerprint density at radius 1 is 1.38 bits per heavy atom.